The summed E-state index contributed by atoms with van der Waals surface area (Å²) in [6.45, 7) is 3.88. The van der Waals surface area contributed by atoms with Crippen molar-refractivity contribution in [3.8, 4) is 0 Å². The first-order chi connectivity index (χ1) is 10.1. The fourth-order valence-electron chi connectivity index (χ4n) is 3.95. The Labute approximate surface area is 126 Å². The number of rotatable bonds is 2. The van der Waals surface area contributed by atoms with Gasteiger partial charge in [-0.1, -0.05) is 19.3 Å². The van der Waals surface area contributed by atoms with E-state index in [9.17, 15) is 9.90 Å². The molecule has 1 aliphatic carbocycles. The molecule has 2 fully saturated rings. The third kappa shape index (κ3) is 3.04. The van der Waals surface area contributed by atoms with Gasteiger partial charge < -0.3 is 10.0 Å². The molecule has 0 radical (unpaired) electrons. The Balaban J connectivity index is 1.73. The van der Waals surface area contributed by atoms with Crippen LogP contribution in [0.1, 0.15) is 61.0 Å². The van der Waals surface area contributed by atoms with Crippen molar-refractivity contribution >= 4 is 11.8 Å². The first-order valence-corrected chi connectivity index (χ1v) is 8.05. The molecule has 1 spiro atoms. The Morgan fingerprint density at radius 3 is 2.43 bits per heavy atom. The maximum atomic E-state index is 11.2. The summed E-state index contributed by atoms with van der Waals surface area (Å²) in [6, 6.07) is 3.35. The van der Waals surface area contributed by atoms with E-state index in [0.717, 1.165) is 24.6 Å². The van der Waals surface area contributed by atoms with Crippen LogP contribution < -0.4 is 4.90 Å². The molecule has 1 N–H and O–H groups in total. The van der Waals surface area contributed by atoms with Crippen LogP contribution in [0.15, 0.2) is 12.1 Å². The Morgan fingerprint density at radius 1 is 1.14 bits per heavy atom. The molecule has 1 aliphatic heterocycles. The number of carbonyl (C=O) groups is 1. The highest BCUT2D eigenvalue weighted by atomic mass is 16.4. The first-order valence-electron chi connectivity index (χ1n) is 8.05. The summed E-state index contributed by atoms with van der Waals surface area (Å²) in [5.41, 5.74) is 1.69. The van der Waals surface area contributed by atoms with Crippen LogP contribution in [0.25, 0.3) is 0 Å². The van der Waals surface area contributed by atoms with Crippen LogP contribution in [0.5, 0.6) is 0 Å². The molecule has 1 saturated carbocycles. The molecule has 0 unspecified atom stereocenters. The molecule has 0 amide bonds. The molecule has 2 aliphatic rings. The first kappa shape index (κ1) is 14.4. The average Bonchev–Trinajstić information content (AvgIpc) is 2.48. The predicted octanol–water partition coefficient (Wildman–Crippen LogP) is 3.64. The van der Waals surface area contributed by atoms with Gasteiger partial charge in [-0.15, -0.1) is 0 Å². The van der Waals surface area contributed by atoms with Gasteiger partial charge in [0, 0.05) is 18.8 Å². The van der Waals surface area contributed by atoms with E-state index < -0.39 is 5.97 Å². The number of hydrogen-bond donors (Lipinski definition) is 1. The van der Waals surface area contributed by atoms with Crippen LogP contribution in [-0.2, 0) is 0 Å². The molecule has 0 atom stereocenters. The Kier molecular flexibility index (Phi) is 3.87. The van der Waals surface area contributed by atoms with Gasteiger partial charge in [-0.3, -0.25) is 0 Å². The monoisotopic (exact) mass is 288 g/mol. The molecule has 2 heterocycles. The van der Waals surface area contributed by atoms with E-state index in [0.29, 0.717) is 11.0 Å². The highest BCUT2D eigenvalue weighted by Gasteiger charge is 2.35. The summed E-state index contributed by atoms with van der Waals surface area (Å²) in [5.74, 6) is -0.0411. The van der Waals surface area contributed by atoms with Crippen LogP contribution in [0, 0.1) is 12.3 Å². The van der Waals surface area contributed by atoms with Crippen molar-refractivity contribution in [3.05, 3.63) is 23.4 Å². The molecule has 0 bridgehead atoms. The van der Waals surface area contributed by atoms with Gasteiger partial charge >= 0.3 is 5.97 Å². The zero-order chi connectivity index (χ0) is 14.9. The van der Waals surface area contributed by atoms with Crippen LogP contribution in [-0.4, -0.2) is 29.1 Å². The Hall–Kier alpha value is -1.58. The third-order valence-electron chi connectivity index (χ3n) is 5.25. The fourth-order valence-corrected chi connectivity index (χ4v) is 3.95. The second-order valence-corrected chi connectivity index (χ2v) is 6.71. The summed E-state index contributed by atoms with van der Waals surface area (Å²) >= 11 is 0. The highest BCUT2D eigenvalue weighted by molar-refractivity contribution is 5.88. The number of nitrogens with zero attached hydrogens (tertiary/aromatic N) is 2. The van der Waals surface area contributed by atoms with Crippen LogP contribution in [0.3, 0.4) is 0 Å². The molecule has 114 valence electrons. The molecule has 0 aromatic carbocycles. The average molecular weight is 288 g/mol. The highest BCUT2D eigenvalue weighted by Crippen LogP contribution is 2.44. The summed E-state index contributed by atoms with van der Waals surface area (Å²) < 4.78 is 0. The molecular formula is C17H24N2O2. The van der Waals surface area contributed by atoms with E-state index in [1.807, 2.05) is 6.92 Å². The van der Waals surface area contributed by atoms with Gasteiger partial charge in [0.1, 0.15) is 5.82 Å². The minimum absolute atomic E-state index is 0.343. The second kappa shape index (κ2) is 5.66. The van der Waals surface area contributed by atoms with Crippen LogP contribution in [0.2, 0.25) is 0 Å². The molecule has 1 aromatic heterocycles. The normalized spacial score (nSPS) is 21.5. The number of piperidine rings is 1. The van der Waals surface area contributed by atoms with E-state index in [-0.39, 0.29) is 0 Å². The van der Waals surface area contributed by atoms with E-state index in [1.165, 1.54) is 44.9 Å². The Morgan fingerprint density at radius 2 is 1.81 bits per heavy atom. The summed E-state index contributed by atoms with van der Waals surface area (Å²) in [4.78, 5) is 18.0. The maximum Gasteiger partial charge on any atom is 0.335 e. The van der Waals surface area contributed by atoms with Gasteiger partial charge in [-0.2, -0.15) is 0 Å². The van der Waals surface area contributed by atoms with Crippen molar-refractivity contribution in [1.29, 1.82) is 0 Å². The van der Waals surface area contributed by atoms with Crippen molar-refractivity contribution in [2.45, 2.75) is 51.9 Å². The van der Waals surface area contributed by atoms with E-state index >= 15 is 0 Å². The standard InChI is InChI=1S/C17H24N2O2/c1-13-11-14(16(20)21)12-15(18-13)19-9-7-17(8-10-19)5-3-2-4-6-17/h11-12H,2-10H2,1H3,(H,20,21). The lowest BCUT2D eigenvalue weighted by atomic mass is 9.68. The molecule has 1 saturated heterocycles. The number of hydrogen-bond acceptors (Lipinski definition) is 3. The van der Waals surface area contributed by atoms with E-state index in [1.54, 1.807) is 12.1 Å². The topological polar surface area (TPSA) is 53.4 Å². The number of aromatic nitrogens is 1. The smallest absolute Gasteiger partial charge is 0.335 e. The molecular weight excluding hydrogens is 264 g/mol. The Bertz CT molecular complexity index is 526. The van der Waals surface area contributed by atoms with Crippen molar-refractivity contribution in [1.82, 2.24) is 4.98 Å². The summed E-state index contributed by atoms with van der Waals surface area (Å²) in [7, 11) is 0. The maximum absolute atomic E-state index is 11.2. The number of aromatic carboxylic acids is 1. The van der Waals surface area contributed by atoms with Gasteiger partial charge in [0.15, 0.2) is 0 Å². The molecule has 21 heavy (non-hydrogen) atoms. The zero-order valence-corrected chi connectivity index (χ0v) is 12.8. The number of pyridine rings is 1. The molecule has 1 aromatic rings. The number of carboxylic acids is 1. The molecule has 4 nitrogen and oxygen atoms in total. The second-order valence-electron chi connectivity index (χ2n) is 6.71. The van der Waals surface area contributed by atoms with Gasteiger partial charge in [-0.25, -0.2) is 9.78 Å². The third-order valence-corrected chi connectivity index (χ3v) is 5.25. The van der Waals surface area contributed by atoms with Gasteiger partial charge in [0.25, 0.3) is 0 Å². The van der Waals surface area contributed by atoms with Gasteiger partial charge in [0.05, 0.1) is 5.56 Å². The summed E-state index contributed by atoms with van der Waals surface area (Å²) in [5, 5.41) is 9.18. The lowest BCUT2D eigenvalue weighted by Crippen LogP contribution is -2.41. The SMILES string of the molecule is Cc1cc(C(=O)O)cc(N2CCC3(CCCCC3)CC2)n1. The van der Waals surface area contributed by atoms with Crippen LogP contribution >= 0.6 is 0 Å². The number of carboxylic acid groups (broad SMARTS) is 1. The lowest BCUT2D eigenvalue weighted by Gasteiger charge is -2.44. The largest absolute Gasteiger partial charge is 0.478 e. The van der Waals surface area contributed by atoms with Crippen molar-refractivity contribution in [3.63, 3.8) is 0 Å². The number of anilines is 1. The van der Waals surface area contributed by atoms with Crippen molar-refractivity contribution in [2.75, 3.05) is 18.0 Å². The van der Waals surface area contributed by atoms with Crippen molar-refractivity contribution < 1.29 is 9.90 Å². The van der Waals surface area contributed by atoms with E-state index in [2.05, 4.69) is 9.88 Å². The van der Waals surface area contributed by atoms with Gasteiger partial charge in [0.2, 0.25) is 0 Å². The lowest BCUT2D eigenvalue weighted by molar-refractivity contribution is 0.0696. The molecule has 4 heteroatoms. The summed E-state index contributed by atoms with van der Waals surface area (Å²) in [6.07, 6.45) is 9.37. The quantitative estimate of drug-likeness (QED) is 0.902. The van der Waals surface area contributed by atoms with Crippen molar-refractivity contribution in [2.24, 2.45) is 5.41 Å². The minimum atomic E-state index is -0.873. The van der Waals surface area contributed by atoms with Crippen LogP contribution in [0.4, 0.5) is 5.82 Å². The number of aryl methyl sites for hydroxylation is 1. The van der Waals surface area contributed by atoms with E-state index in [4.69, 9.17) is 0 Å². The molecule has 3 rings (SSSR count). The fraction of sp³-hybridized carbons (Fsp3) is 0.647. The zero-order valence-electron chi connectivity index (χ0n) is 12.8. The predicted molar refractivity (Wildman–Crippen MR) is 82.9 cm³/mol. The van der Waals surface area contributed by atoms with Gasteiger partial charge in [-0.05, 0) is 50.2 Å². The minimum Gasteiger partial charge on any atom is -0.478 e.